The van der Waals surface area contributed by atoms with Gasteiger partial charge in [0.1, 0.15) is 5.75 Å². The minimum absolute atomic E-state index is 0.0505. The smallest absolute Gasteiger partial charge is 0.243 e. The molecule has 1 aromatic rings. The Kier molecular flexibility index (Phi) is 3.61. The van der Waals surface area contributed by atoms with Gasteiger partial charge < -0.3 is 9.84 Å². The van der Waals surface area contributed by atoms with Crippen molar-refractivity contribution in [3.8, 4) is 5.75 Å². The first-order valence-electron chi connectivity index (χ1n) is 5.84. The van der Waals surface area contributed by atoms with Gasteiger partial charge in [-0.15, -0.1) is 0 Å². The van der Waals surface area contributed by atoms with E-state index in [9.17, 15) is 13.5 Å². The van der Waals surface area contributed by atoms with E-state index in [-0.39, 0.29) is 22.9 Å². The third kappa shape index (κ3) is 2.66. The molecule has 0 bridgehead atoms. The van der Waals surface area contributed by atoms with Crippen molar-refractivity contribution in [1.29, 1.82) is 0 Å². The van der Waals surface area contributed by atoms with E-state index in [0.29, 0.717) is 13.1 Å². The Labute approximate surface area is 107 Å². The van der Waals surface area contributed by atoms with E-state index >= 15 is 0 Å². The molecule has 0 amide bonds. The maximum Gasteiger partial charge on any atom is 0.243 e. The molecule has 0 radical (unpaired) electrons. The molecule has 2 atom stereocenters. The first-order chi connectivity index (χ1) is 8.39. The van der Waals surface area contributed by atoms with E-state index < -0.39 is 10.0 Å². The molecule has 0 spiro atoms. The molecule has 6 heteroatoms. The average molecular weight is 271 g/mol. The predicted octanol–water partition coefficient (Wildman–Crippen LogP) is 1.19. The lowest BCUT2D eigenvalue weighted by Gasteiger charge is -2.34. The molecule has 1 saturated heterocycles. The standard InChI is InChI=1S/C12H17NO4S/c1-9-7-13(8-10(2)17-9)18(15,16)12-5-3-4-11(14)6-12/h3-6,9-10,14H,7-8H2,1-2H3. The molecule has 1 N–H and O–H groups in total. The van der Waals surface area contributed by atoms with Gasteiger partial charge in [-0.2, -0.15) is 4.31 Å². The van der Waals surface area contributed by atoms with Crippen LogP contribution in [-0.4, -0.2) is 43.1 Å². The van der Waals surface area contributed by atoms with Crippen molar-refractivity contribution >= 4 is 10.0 Å². The molecule has 1 aliphatic heterocycles. The molecule has 0 aromatic heterocycles. The summed E-state index contributed by atoms with van der Waals surface area (Å²) in [6, 6.07) is 5.72. The Morgan fingerprint density at radius 2 is 1.89 bits per heavy atom. The topological polar surface area (TPSA) is 66.8 Å². The quantitative estimate of drug-likeness (QED) is 0.877. The fourth-order valence-electron chi connectivity index (χ4n) is 2.12. The van der Waals surface area contributed by atoms with Gasteiger partial charge in [-0.3, -0.25) is 0 Å². The number of benzene rings is 1. The summed E-state index contributed by atoms with van der Waals surface area (Å²) >= 11 is 0. The summed E-state index contributed by atoms with van der Waals surface area (Å²) in [7, 11) is -3.56. The van der Waals surface area contributed by atoms with Crippen molar-refractivity contribution < 1.29 is 18.3 Å². The number of hydrogen-bond acceptors (Lipinski definition) is 4. The van der Waals surface area contributed by atoms with Crippen LogP contribution in [0.4, 0.5) is 0 Å². The Balaban J connectivity index is 2.31. The minimum Gasteiger partial charge on any atom is -0.508 e. The van der Waals surface area contributed by atoms with Gasteiger partial charge in [0.25, 0.3) is 0 Å². The van der Waals surface area contributed by atoms with Crippen molar-refractivity contribution in [2.75, 3.05) is 13.1 Å². The van der Waals surface area contributed by atoms with Crippen molar-refractivity contribution in [2.45, 2.75) is 31.0 Å². The lowest BCUT2D eigenvalue weighted by atomic mass is 10.3. The molecule has 1 heterocycles. The van der Waals surface area contributed by atoms with Crippen molar-refractivity contribution in [3.05, 3.63) is 24.3 Å². The molecule has 1 aliphatic rings. The van der Waals surface area contributed by atoms with Gasteiger partial charge in [0, 0.05) is 13.1 Å². The third-order valence-corrected chi connectivity index (χ3v) is 4.67. The molecule has 0 saturated carbocycles. The van der Waals surface area contributed by atoms with Gasteiger partial charge in [0.15, 0.2) is 0 Å². The summed E-state index contributed by atoms with van der Waals surface area (Å²) in [4.78, 5) is 0.115. The van der Waals surface area contributed by atoms with E-state index in [2.05, 4.69) is 0 Å². The molecular weight excluding hydrogens is 254 g/mol. The van der Waals surface area contributed by atoms with Crippen LogP contribution >= 0.6 is 0 Å². The van der Waals surface area contributed by atoms with Gasteiger partial charge in [0.05, 0.1) is 17.1 Å². The molecule has 0 aliphatic carbocycles. The Morgan fingerprint density at radius 3 is 2.44 bits per heavy atom. The SMILES string of the molecule is CC1CN(S(=O)(=O)c2cccc(O)c2)CC(C)O1. The predicted molar refractivity (Wildman–Crippen MR) is 66.9 cm³/mol. The van der Waals surface area contributed by atoms with Crippen LogP contribution in [0.1, 0.15) is 13.8 Å². The van der Waals surface area contributed by atoms with Crippen LogP contribution in [0.3, 0.4) is 0 Å². The highest BCUT2D eigenvalue weighted by Gasteiger charge is 2.32. The van der Waals surface area contributed by atoms with Crippen LogP contribution in [0, 0.1) is 0 Å². The van der Waals surface area contributed by atoms with Crippen LogP contribution in [-0.2, 0) is 14.8 Å². The highest BCUT2D eigenvalue weighted by molar-refractivity contribution is 7.89. The molecule has 2 unspecified atom stereocenters. The summed E-state index contributed by atoms with van der Waals surface area (Å²) in [5.74, 6) is -0.0505. The zero-order valence-corrected chi connectivity index (χ0v) is 11.2. The fourth-order valence-corrected chi connectivity index (χ4v) is 3.75. The Morgan fingerprint density at radius 1 is 1.28 bits per heavy atom. The number of phenolic OH excluding ortho intramolecular Hbond substituents is 1. The average Bonchev–Trinajstić information content (AvgIpc) is 2.27. The van der Waals surface area contributed by atoms with E-state index in [1.165, 1.54) is 28.6 Å². The Hall–Kier alpha value is -1.11. The van der Waals surface area contributed by atoms with Crippen LogP contribution in [0.2, 0.25) is 0 Å². The molecule has 5 nitrogen and oxygen atoms in total. The number of aromatic hydroxyl groups is 1. The number of morpholine rings is 1. The highest BCUT2D eigenvalue weighted by Crippen LogP contribution is 2.23. The second-order valence-electron chi connectivity index (χ2n) is 4.58. The highest BCUT2D eigenvalue weighted by atomic mass is 32.2. The number of hydrogen-bond donors (Lipinski definition) is 1. The molecule has 2 rings (SSSR count). The normalized spacial score (nSPS) is 26.1. The molecular formula is C12H17NO4S. The van der Waals surface area contributed by atoms with Crippen LogP contribution in [0.15, 0.2) is 29.2 Å². The van der Waals surface area contributed by atoms with Crippen LogP contribution < -0.4 is 0 Å². The minimum atomic E-state index is -3.56. The van der Waals surface area contributed by atoms with E-state index in [1.807, 2.05) is 13.8 Å². The Bertz CT molecular complexity index is 519. The largest absolute Gasteiger partial charge is 0.508 e. The second kappa shape index (κ2) is 4.87. The zero-order valence-electron chi connectivity index (χ0n) is 10.4. The van der Waals surface area contributed by atoms with E-state index in [1.54, 1.807) is 0 Å². The molecule has 18 heavy (non-hydrogen) atoms. The fraction of sp³-hybridized carbons (Fsp3) is 0.500. The number of nitrogens with zero attached hydrogens (tertiary/aromatic N) is 1. The first-order valence-corrected chi connectivity index (χ1v) is 7.28. The summed E-state index contributed by atoms with van der Waals surface area (Å²) in [5.41, 5.74) is 0. The van der Waals surface area contributed by atoms with Gasteiger partial charge in [-0.25, -0.2) is 8.42 Å². The maximum atomic E-state index is 12.4. The molecule has 100 valence electrons. The zero-order chi connectivity index (χ0) is 13.3. The third-order valence-electron chi connectivity index (χ3n) is 2.84. The molecule has 1 aromatic carbocycles. The van der Waals surface area contributed by atoms with Crippen LogP contribution in [0.25, 0.3) is 0 Å². The summed E-state index contributed by atoms with van der Waals surface area (Å²) in [6.45, 7) is 4.37. The number of rotatable bonds is 2. The van der Waals surface area contributed by atoms with Gasteiger partial charge >= 0.3 is 0 Å². The summed E-state index contributed by atoms with van der Waals surface area (Å²) in [6.07, 6.45) is -0.248. The van der Waals surface area contributed by atoms with Crippen molar-refractivity contribution in [2.24, 2.45) is 0 Å². The van der Waals surface area contributed by atoms with E-state index in [4.69, 9.17) is 4.74 Å². The van der Waals surface area contributed by atoms with Gasteiger partial charge in [0.2, 0.25) is 10.0 Å². The lowest BCUT2D eigenvalue weighted by Crippen LogP contribution is -2.48. The second-order valence-corrected chi connectivity index (χ2v) is 6.51. The first kappa shape index (κ1) is 13.3. The van der Waals surface area contributed by atoms with Gasteiger partial charge in [-0.1, -0.05) is 6.07 Å². The van der Waals surface area contributed by atoms with E-state index in [0.717, 1.165) is 0 Å². The monoisotopic (exact) mass is 271 g/mol. The number of ether oxygens (including phenoxy) is 1. The van der Waals surface area contributed by atoms with Crippen molar-refractivity contribution in [3.63, 3.8) is 0 Å². The summed E-state index contributed by atoms with van der Waals surface area (Å²) < 4.78 is 31.7. The summed E-state index contributed by atoms with van der Waals surface area (Å²) in [5, 5.41) is 9.37. The maximum absolute atomic E-state index is 12.4. The number of phenols is 1. The van der Waals surface area contributed by atoms with Crippen molar-refractivity contribution in [1.82, 2.24) is 4.31 Å². The number of sulfonamides is 1. The lowest BCUT2D eigenvalue weighted by molar-refractivity contribution is -0.0440. The van der Waals surface area contributed by atoms with Crippen LogP contribution in [0.5, 0.6) is 5.75 Å². The molecule has 1 fully saturated rings. The van der Waals surface area contributed by atoms with Gasteiger partial charge in [-0.05, 0) is 32.0 Å².